The van der Waals surface area contributed by atoms with Gasteiger partial charge in [-0.2, -0.15) is 0 Å². The fraction of sp³-hybridized carbons (Fsp3) is 0.179. The van der Waals surface area contributed by atoms with E-state index < -0.39 is 17.7 Å². The molecule has 1 amide bonds. The molecule has 1 aromatic heterocycles. The van der Waals surface area contributed by atoms with Crippen LogP contribution in [0.5, 0.6) is 17.2 Å². The summed E-state index contributed by atoms with van der Waals surface area (Å²) in [6.07, 6.45) is 0. The molecule has 37 heavy (non-hydrogen) atoms. The van der Waals surface area contributed by atoms with Crippen LogP contribution in [0.3, 0.4) is 0 Å². The van der Waals surface area contributed by atoms with Crippen molar-refractivity contribution in [2.75, 3.05) is 26.2 Å². The Morgan fingerprint density at radius 3 is 2.46 bits per heavy atom. The highest BCUT2D eigenvalue weighted by Gasteiger charge is 2.48. The molecule has 1 unspecified atom stereocenters. The van der Waals surface area contributed by atoms with E-state index in [0.29, 0.717) is 39.0 Å². The number of ketones is 1. The molecule has 3 aromatic carbocycles. The molecular weight excluding hydrogens is 492 g/mol. The normalized spacial score (nSPS) is 16.9. The van der Waals surface area contributed by atoms with Crippen LogP contribution in [0.15, 0.2) is 66.2 Å². The van der Waals surface area contributed by atoms with Crippen molar-refractivity contribution in [1.29, 1.82) is 0 Å². The molecule has 2 heterocycles. The van der Waals surface area contributed by atoms with E-state index >= 15 is 0 Å². The molecule has 1 atom stereocenters. The third-order valence-corrected chi connectivity index (χ3v) is 7.27. The summed E-state index contributed by atoms with van der Waals surface area (Å²) < 4.78 is 17.0. The molecule has 0 aliphatic carbocycles. The molecule has 0 bridgehead atoms. The number of hydrogen-bond donors (Lipinski definition) is 1. The van der Waals surface area contributed by atoms with Crippen molar-refractivity contribution in [1.82, 2.24) is 4.98 Å². The Balaban J connectivity index is 1.75. The zero-order valence-corrected chi connectivity index (χ0v) is 21.5. The first-order valence-corrected chi connectivity index (χ1v) is 12.2. The van der Waals surface area contributed by atoms with Gasteiger partial charge in [-0.3, -0.25) is 14.5 Å². The molecule has 1 aliphatic rings. The number of rotatable bonds is 6. The van der Waals surface area contributed by atoms with Gasteiger partial charge in [0.25, 0.3) is 5.78 Å². The van der Waals surface area contributed by atoms with E-state index in [9.17, 15) is 14.7 Å². The van der Waals surface area contributed by atoms with Crippen LogP contribution < -0.4 is 19.1 Å². The number of aliphatic hydroxyl groups is 1. The van der Waals surface area contributed by atoms with Gasteiger partial charge in [-0.25, -0.2) is 4.98 Å². The molecule has 5 rings (SSSR count). The van der Waals surface area contributed by atoms with Gasteiger partial charge >= 0.3 is 5.91 Å². The van der Waals surface area contributed by atoms with Gasteiger partial charge in [-0.1, -0.05) is 35.6 Å². The average Bonchev–Trinajstić information content (AvgIpc) is 3.45. The van der Waals surface area contributed by atoms with Gasteiger partial charge in [0.05, 0.1) is 43.2 Å². The second kappa shape index (κ2) is 9.59. The lowest BCUT2D eigenvalue weighted by molar-refractivity contribution is -0.132. The molecule has 0 radical (unpaired) electrons. The van der Waals surface area contributed by atoms with Crippen LogP contribution in [0, 0.1) is 6.92 Å². The van der Waals surface area contributed by atoms with Crippen LogP contribution in [0.25, 0.3) is 16.0 Å². The summed E-state index contributed by atoms with van der Waals surface area (Å²) >= 11 is 1.31. The smallest absolute Gasteiger partial charge is 0.301 e. The summed E-state index contributed by atoms with van der Waals surface area (Å²) in [4.78, 5) is 33.0. The van der Waals surface area contributed by atoms with Gasteiger partial charge in [0.15, 0.2) is 16.6 Å². The maximum atomic E-state index is 13.5. The predicted molar refractivity (Wildman–Crippen MR) is 142 cm³/mol. The third-order valence-electron chi connectivity index (χ3n) is 6.25. The van der Waals surface area contributed by atoms with Crippen molar-refractivity contribution >= 4 is 44.1 Å². The SMILES string of the molecule is COc1cccc(C(O)=C2C(=O)C(=O)N(c3nc4ccc(C)cc4s3)C2c2ccc(OC)c(OC)c2)c1. The summed E-state index contributed by atoms with van der Waals surface area (Å²) in [5.74, 6) is -0.479. The second-order valence-electron chi connectivity index (χ2n) is 8.48. The number of Topliss-reactive ketones (excluding diaryl/α,β-unsaturated/α-hetero) is 1. The van der Waals surface area contributed by atoms with Gasteiger partial charge < -0.3 is 19.3 Å². The Hall–Kier alpha value is -4.37. The molecule has 8 nitrogen and oxygen atoms in total. The Labute approximate surface area is 217 Å². The highest BCUT2D eigenvalue weighted by atomic mass is 32.1. The number of benzene rings is 3. The van der Waals surface area contributed by atoms with Crippen LogP contribution in [-0.4, -0.2) is 43.1 Å². The molecule has 188 valence electrons. The molecule has 9 heteroatoms. The Kier molecular flexibility index (Phi) is 6.31. The minimum atomic E-state index is -0.951. The Morgan fingerprint density at radius 2 is 1.73 bits per heavy atom. The number of anilines is 1. The number of carbonyl (C=O) groups excluding carboxylic acids is 2. The van der Waals surface area contributed by atoms with Crippen LogP contribution in [0.2, 0.25) is 0 Å². The standard InChI is InChI=1S/C28H24N2O6S/c1-15-8-10-19-22(12-15)37-28(29-19)30-24(16-9-11-20(35-3)21(14-16)36-4)23(26(32)27(30)33)25(31)17-6-5-7-18(13-17)34-2/h5-14,24,31H,1-4H3. The van der Waals surface area contributed by atoms with Gasteiger partial charge in [-0.05, 0) is 54.4 Å². The zero-order valence-electron chi connectivity index (χ0n) is 20.6. The molecular formula is C28H24N2O6S. The van der Waals surface area contributed by atoms with E-state index in [2.05, 4.69) is 4.98 Å². The van der Waals surface area contributed by atoms with E-state index in [0.717, 1.165) is 10.3 Å². The van der Waals surface area contributed by atoms with Gasteiger partial charge in [0.2, 0.25) is 0 Å². The van der Waals surface area contributed by atoms with Crippen LogP contribution in [0.4, 0.5) is 5.13 Å². The average molecular weight is 517 g/mol. The Bertz CT molecular complexity index is 1570. The number of aryl methyl sites for hydroxylation is 1. The summed E-state index contributed by atoms with van der Waals surface area (Å²) in [6, 6.07) is 16.7. The van der Waals surface area contributed by atoms with Crippen LogP contribution >= 0.6 is 11.3 Å². The summed E-state index contributed by atoms with van der Waals surface area (Å²) in [5, 5.41) is 11.7. The number of amides is 1. The van der Waals surface area contributed by atoms with Crippen LogP contribution in [-0.2, 0) is 9.59 Å². The molecule has 0 saturated carbocycles. The van der Waals surface area contributed by atoms with E-state index in [-0.39, 0.29) is 11.3 Å². The quantitative estimate of drug-likeness (QED) is 0.212. The largest absolute Gasteiger partial charge is 0.507 e. The monoisotopic (exact) mass is 516 g/mol. The lowest BCUT2D eigenvalue weighted by Gasteiger charge is -2.23. The molecule has 0 spiro atoms. The first-order chi connectivity index (χ1) is 17.9. The topological polar surface area (TPSA) is 98.2 Å². The lowest BCUT2D eigenvalue weighted by Crippen LogP contribution is -2.29. The van der Waals surface area contributed by atoms with Crippen molar-refractivity contribution in [3.63, 3.8) is 0 Å². The maximum Gasteiger partial charge on any atom is 0.301 e. The van der Waals surface area contributed by atoms with Crippen molar-refractivity contribution in [3.8, 4) is 17.2 Å². The number of aliphatic hydroxyl groups excluding tert-OH is 1. The Morgan fingerprint density at radius 1 is 0.946 bits per heavy atom. The number of fused-ring (bicyclic) bond motifs is 1. The predicted octanol–water partition coefficient (Wildman–Crippen LogP) is 5.26. The summed E-state index contributed by atoms with van der Waals surface area (Å²) in [6.45, 7) is 1.98. The van der Waals surface area contributed by atoms with E-state index in [4.69, 9.17) is 14.2 Å². The molecule has 1 aliphatic heterocycles. The minimum Gasteiger partial charge on any atom is -0.507 e. The molecule has 1 fully saturated rings. The number of methoxy groups -OCH3 is 3. The number of ether oxygens (including phenoxy) is 3. The summed E-state index contributed by atoms with van der Waals surface area (Å²) in [5.41, 5.74) is 2.62. The molecule has 1 N–H and O–H groups in total. The highest BCUT2D eigenvalue weighted by molar-refractivity contribution is 7.22. The highest BCUT2D eigenvalue weighted by Crippen LogP contribution is 2.46. The number of nitrogens with zero attached hydrogens (tertiary/aromatic N) is 2. The van der Waals surface area contributed by atoms with Crippen molar-refractivity contribution in [3.05, 3.63) is 82.9 Å². The zero-order chi connectivity index (χ0) is 26.3. The number of carbonyl (C=O) groups is 2. The number of aromatic nitrogens is 1. The minimum absolute atomic E-state index is 0.0547. The molecule has 4 aromatic rings. The fourth-order valence-corrected chi connectivity index (χ4v) is 5.51. The summed E-state index contributed by atoms with van der Waals surface area (Å²) in [7, 11) is 4.54. The fourth-order valence-electron chi connectivity index (χ4n) is 4.42. The number of thiazole rings is 1. The van der Waals surface area contributed by atoms with Crippen molar-refractivity contribution in [2.45, 2.75) is 13.0 Å². The first kappa shape index (κ1) is 24.3. The molecule has 1 saturated heterocycles. The van der Waals surface area contributed by atoms with Crippen molar-refractivity contribution < 1.29 is 28.9 Å². The van der Waals surface area contributed by atoms with Gasteiger partial charge in [0.1, 0.15) is 11.5 Å². The number of hydrogen-bond acceptors (Lipinski definition) is 8. The van der Waals surface area contributed by atoms with Gasteiger partial charge in [-0.15, -0.1) is 0 Å². The third kappa shape index (κ3) is 4.17. The van der Waals surface area contributed by atoms with Gasteiger partial charge in [0, 0.05) is 5.56 Å². The van der Waals surface area contributed by atoms with Crippen molar-refractivity contribution in [2.24, 2.45) is 0 Å². The van der Waals surface area contributed by atoms with E-state index in [1.54, 1.807) is 42.5 Å². The van der Waals surface area contributed by atoms with Crippen LogP contribution in [0.1, 0.15) is 22.7 Å². The lowest BCUT2D eigenvalue weighted by atomic mass is 9.95. The first-order valence-electron chi connectivity index (χ1n) is 11.4. The second-order valence-corrected chi connectivity index (χ2v) is 9.49. The van der Waals surface area contributed by atoms with E-state index in [1.807, 2.05) is 25.1 Å². The maximum absolute atomic E-state index is 13.5. The van der Waals surface area contributed by atoms with E-state index in [1.165, 1.54) is 37.6 Å².